The van der Waals surface area contributed by atoms with Gasteiger partial charge in [0.2, 0.25) is 0 Å². The van der Waals surface area contributed by atoms with E-state index in [0.29, 0.717) is 16.7 Å². The van der Waals surface area contributed by atoms with Crippen molar-refractivity contribution in [2.45, 2.75) is 6.92 Å². The lowest BCUT2D eigenvalue weighted by molar-refractivity contribution is 0.333. The zero-order chi connectivity index (χ0) is 13.7. The van der Waals surface area contributed by atoms with Gasteiger partial charge in [-0.2, -0.15) is 0 Å². The summed E-state index contributed by atoms with van der Waals surface area (Å²) < 4.78 is 5.59. The van der Waals surface area contributed by atoms with Crippen LogP contribution in [0.4, 0.5) is 5.69 Å². The predicted molar refractivity (Wildman–Crippen MR) is 81.6 cm³/mol. The lowest BCUT2D eigenvalue weighted by Gasteiger charge is -2.09. The van der Waals surface area contributed by atoms with E-state index in [1.54, 1.807) is 18.2 Å². The standard InChI is InChI=1S/C15H15Cl2NO/c1-11-3-2-4-12(9-11)18-7-8-19-13-5-6-14(16)15(17)10-13/h2-6,9-10,18H,7-8H2,1H3. The number of hydrogen-bond donors (Lipinski definition) is 1. The first kappa shape index (κ1) is 14.0. The van der Waals surface area contributed by atoms with Crippen molar-refractivity contribution in [1.29, 1.82) is 0 Å². The van der Waals surface area contributed by atoms with Gasteiger partial charge < -0.3 is 10.1 Å². The van der Waals surface area contributed by atoms with E-state index in [-0.39, 0.29) is 0 Å². The minimum absolute atomic E-state index is 0.505. The summed E-state index contributed by atoms with van der Waals surface area (Å²) >= 11 is 11.7. The number of halogens is 2. The first-order valence-corrected chi connectivity index (χ1v) is 6.79. The number of aryl methyl sites for hydroxylation is 1. The average Bonchev–Trinajstić information content (AvgIpc) is 2.39. The third kappa shape index (κ3) is 4.34. The molecule has 100 valence electrons. The van der Waals surface area contributed by atoms with Crippen molar-refractivity contribution in [3.8, 4) is 5.75 Å². The van der Waals surface area contributed by atoms with E-state index in [1.165, 1.54) is 5.56 Å². The highest BCUT2D eigenvalue weighted by Gasteiger charge is 2.00. The Morgan fingerprint density at radius 3 is 2.63 bits per heavy atom. The molecule has 0 saturated carbocycles. The second kappa shape index (κ2) is 6.69. The Bertz CT molecular complexity index is 558. The topological polar surface area (TPSA) is 21.3 Å². The highest BCUT2D eigenvalue weighted by atomic mass is 35.5. The van der Waals surface area contributed by atoms with Gasteiger partial charge in [-0.1, -0.05) is 35.3 Å². The Labute approximate surface area is 123 Å². The second-order valence-electron chi connectivity index (χ2n) is 4.22. The first-order valence-electron chi connectivity index (χ1n) is 6.03. The van der Waals surface area contributed by atoms with Gasteiger partial charge in [0, 0.05) is 18.3 Å². The van der Waals surface area contributed by atoms with E-state index in [9.17, 15) is 0 Å². The molecule has 2 aromatic carbocycles. The monoisotopic (exact) mass is 295 g/mol. The van der Waals surface area contributed by atoms with Crippen molar-refractivity contribution < 1.29 is 4.74 Å². The first-order chi connectivity index (χ1) is 9.15. The number of ether oxygens (including phenoxy) is 1. The summed E-state index contributed by atoms with van der Waals surface area (Å²) in [7, 11) is 0. The quantitative estimate of drug-likeness (QED) is 0.801. The highest BCUT2D eigenvalue weighted by molar-refractivity contribution is 6.42. The van der Waals surface area contributed by atoms with Gasteiger partial charge in [0.25, 0.3) is 0 Å². The highest BCUT2D eigenvalue weighted by Crippen LogP contribution is 2.26. The molecule has 0 aliphatic rings. The fourth-order valence-electron chi connectivity index (χ4n) is 1.69. The number of rotatable bonds is 5. The van der Waals surface area contributed by atoms with Crippen LogP contribution in [0.25, 0.3) is 0 Å². The van der Waals surface area contributed by atoms with Gasteiger partial charge in [0.15, 0.2) is 0 Å². The van der Waals surface area contributed by atoms with Gasteiger partial charge in [0.1, 0.15) is 12.4 Å². The predicted octanol–water partition coefficient (Wildman–Crippen LogP) is 4.79. The van der Waals surface area contributed by atoms with Gasteiger partial charge in [-0.3, -0.25) is 0 Å². The van der Waals surface area contributed by atoms with E-state index < -0.39 is 0 Å². The van der Waals surface area contributed by atoms with Gasteiger partial charge in [-0.15, -0.1) is 0 Å². The molecule has 0 amide bonds. The molecule has 0 saturated heterocycles. The molecule has 0 bridgehead atoms. The molecule has 19 heavy (non-hydrogen) atoms. The Kier molecular flexibility index (Phi) is 4.94. The van der Waals surface area contributed by atoms with E-state index in [4.69, 9.17) is 27.9 Å². The molecule has 0 fully saturated rings. The van der Waals surface area contributed by atoms with Crippen LogP contribution in [-0.2, 0) is 0 Å². The largest absolute Gasteiger partial charge is 0.492 e. The normalized spacial score (nSPS) is 10.3. The van der Waals surface area contributed by atoms with Crippen LogP contribution in [0, 0.1) is 6.92 Å². The molecule has 2 rings (SSSR count). The van der Waals surface area contributed by atoms with E-state index in [2.05, 4.69) is 24.4 Å². The van der Waals surface area contributed by atoms with Crippen molar-refractivity contribution in [3.63, 3.8) is 0 Å². The van der Waals surface area contributed by atoms with Gasteiger partial charge >= 0.3 is 0 Å². The van der Waals surface area contributed by atoms with Crippen LogP contribution in [-0.4, -0.2) is 13.2 Å². The molecule has 0 atom stereocenters. The van der Waals surface area contributed by atoms with E-state index in [1.807, 2.05) is 12.1 Å². The zero-order valence-electron chi connectivity index (χ0n) is 10.6. The van der Waals surface area contributed by atoms with Gasteiger partial charge in [-0.25, -0.2) is 0 Å². The molecule has 0 aromatic heterocycles. The van der Waals surface area contributed by atoms with Crippen molar-refractivity contribution in [2.24, 2.45) is 0 Å². The summed E-state index contributed by atoms with van der Waals surface area (Å²) in [6, 6.07) is 13.5. The molecular weight excluding hydrogens is 281 g/mol. The molecule has 0 aliphatic heterocycles. The molecule has 0 heterocycles. The maximum atomic E-state index is 5.91. The number of hydrogen-bond acceptors (Lipinski definition) is 2. The van der Waals surface area contributed by atoms with Gasteiger partial charge in [-0.05, 0) is 36.8 Å². The minimum Gasteiger partial charge on any atom is -0.492 e. The molecule has 2 nitrogen and oxygen atoms in total. The third-order valence-electron chi connectivity index (χ3n) is 2.61. The fraction of sp³-hybridized carbons (Fsp3) is 0.200. The average molecular weight is 296 g/mol. The van der Waals surface area contributed by atoms with Crippen molar-refractivity contribution >= 4 is 28.9 Å². The Hall–Kier alpha value is -1.38. The van der Waals surface area contributed by atoms with Crippen LogP contribution in [0.1, 0.15) is 5.56 Å². The summed E-state index contributed by atoms with van der Waals surface area (Å²) in [5.74, 6) is 0.723. The fourth-order valence-corrected chi connectivity index (χ4v) is 1.97. The Morgan fingerprint density at radius 2 is 1.89 bits per heavy atom. The third-order valence-corrected chi connectivity index (χ3v) is 3.35. The lowest BCUT2D eigenvalue weighted by atomic mass is 10.2. The number of nitrogens with one attached hydrogen (secondary N) is 1. The van der Waals surface area contributed by atoms with E-state index >= 15 is 0 Å². The smallest absolute Gasteiger partial charge is 0.120 e. The van der Waals surface area contributed by atoms with E-state index in [0.717, 1.165) is 18.0 Å². The number of benzene rings is 2. The Morgan fingerprint density at radius 1 is 1.05 bits per heavy atom. The molecule has 0 unspecified atom stereocenters. The summed E-state index contributed by atoms with van der Waals surface area (Å²) in [5, 5.41) is 4.34. The van der Waals surface area contributed by atoms with Crippen LogP contribution in [0.2, 0.25) is 10.0 Å². The second-order valence-corrected chi connectivity index (χ2v) is 5.04. The Balaban J connectivity index is 1.79. The summed E-state index contributed by atoms with van der Waals surface area (Å²) in [5.41, 5.74) is 2.33. The molecule has 0 aliphatic carbocycles. The zero-order valence-corrected chi connectivity index (χ0v) is 12.1. The van der Waals surface area contributed by atoms with Crippen molar-refractivity contribution in [1.82, 2.24) is 0 Å². The maximum Gasteiger partial charge on any atom is 0.120 e. The van der Waals surface area contributed by atoms with Crippen molar-refractivity contribution in [2.75, 3.05) is 18.5 Å². The summed E-state index contributed by atoms with van der Waals surface area (Å²) in [4.78, 5) is 0. The minimum atomic E-state index is 0.505. The summed E-state index contributed by atoms with van der Waals surface area (Å²) in [6.07, 6.45) is 0. The van der Waals surface area contributed by atoms with Crippen LogP contribution in [0.3, 0.4) is 0 Å². The van der Waals surface area contributed by atoms with Crippen LogP contribution in [0.15, 0.2) is 42.5 Å². The number of anilines is 1. The molecule has 1 N–H and O–H groups in total. The van der Waals surface area contributed by atoms with Gasteiger partial charge in [0.05, 0.1) is 10.0 Å². The lowest BCUT2D eigenvalue weighted by Crippen LogP contribution is -2.11. The SMILES string of the molecule is Cc1cccc(NCCOc2ccc(Cl)c(Cl)c2)c1. The molecule has 0 radical (unpaired) electrons. The summed E-state index contributed by atoms with van der Waals surface area (Å²) in [6.45, 7) is 3.35. The van der Waals surface area contributed by atoms with Crippen LogP contribution in [0.5, 0.6) is 5.75 Å². The molecule has 0 spiro atoms. The molecule has 4 heteroatoms. The molecule has 2 aromatic rings. The van der Waals surface area contributed by atoms with Crippen molar-refractivity contribution in [3.05, 3.63) is 58.1 Å². The maximum absolute atomic E-state index is 5.91. The van der Waals surface area contributed by atoms with Crippen LogP contribution >= 0.6 is 23.2 Å². The molecular formula is C15H15Cl2NO. The van der Waals surface area contributed by atoms with Crippen LogP contribution < -0.4 is 10.1 Å².